The van der Waals surface area contributed by atoms with Crippen molar-refractivity contribution in [2.75, 3.05) is 0 Å². The van der Waals surface area contributed by atoms with Gasteiger partial charge < -0.3 is 10.1 Å². The summed E-state index contributed by atoms with van der Waals surface area (Å²) in [6, 6.07) is 1.62. The number of aromatic nitrogens is 3. The Morgan fingerprint density at radius 3 is 2.63 bits per heavy atom. The first-order chi connectivity index (χ1) is 8.70. The molecule has 0 saturated heterocycles. The first kappa shape index (κ1) is 13.3. The maximum absolute atomic E-state index is 11.9. The van der Waals surface area contributed by atoms with Gasteiger partial charge in [-0.2, -0.15) is 5.10 Å². The molecule has 0 aliphatic rings. The van der Waals surface area contributed by atoms with Gasteiger partial charge in [0.05, 0.1) is 17.7 Å². The molecular weight excluding hydrogens is 246 g/mol. The molecule has 6 heteroatoms. The largest absolute Gasteiger partial charge is 0.481 e. The number of rotatable bonds is 2. The van der Waals surface area contributed by atoms with E-state index in [0.717, 1.165) is 11.1 Å². The number of nitrogens with zero attached hydrogens (tertiary/aromatic N) is 2. The van der Waals surface area contributed by atoms with E-state index in [4.69, 9.17) is 5.11 Å². The third kappa shape index (κ3) is 2.38. The molecule has 0 fully saturated rings. The molecule has 2 rings (SSSR count). The topological polar surface area (TPSA) is 88.0 Å². The predicted octanol–water partition coefficient (Wildman–Crippen LogP) is 1.42. The van der Waals surface area contributed by atoms with Crippen molar-refractivity contribution in [3.8, 4) is 0 Å². The lowest BCUT2D eigenvalue weighted by Crippen LogP contribution is -2.25. The monoisotopic (exact) mass is 263 g/mol. The summed E-state index contributed by atoms with van der Waals surface area (Å²) in [5.41, 5.74) is 1.01. The van der Waals surface area contributed by atoms with E-state index in [1.807, 2.05) is 27.7 Å². The molecule has 0 aromatic carbocycles. The predicted molar refractivity (Wildman–Crippen MR) is 71.4 cm³/mol. The highest BCUT2D eigenvalue weighted by Gasteiger charge is 2.20. The molecule has 2 aromatic heterocycles. The molecule has 0 amide bonds. The van der Waals surface area contributed by atoms with Crippen LogP contribution in [-0.4, -0.2) is 25.8 Å². The van der Waals surface area contributed by atoms with E-state index in [-0.39, 0.29) is 23.1 Å². The van der Waals surface area contributed by atoms with Gasteiger partial charge in [-0.3, -0.25) is 9.59 Å². The third-order valence-electron chi connectivity index (χ3n) is 2.93. The molecule has 2 heterocycles. The van der Waals surface area contributed by atoms with Crippen LogP contribution in [-0.2, 0) is 16.8 Å². The van der Waals surface area contributed by atoms with Crippen LogP contribution >= 0.6 is 0 Å². The molecule has 0 radical (unpaired) electrons. The fourth-order valence-corrected chi connectivity index (χ4v) is 2.04. The van der Waals surface area contributed by atoms with E-state index < -0.39 is 5.97 Å². The Kier molecular flexibility index (Phi) is 2.96. The van der Waals surface area contributed by atoms with E-state index in [1.165, 1.54) is 0 Å². The number of H-pyrrole nitrogens is 1. The van der Waals surface area contributed by atoms with Crippen molar-refractivity contribution in [2.45, 2.75) is 39.7 Å². The van der Waals surface area contributed by atoms with Gasteiger partial charge in [-0.25, -0.2) is 4.68 Å². The Morgan fingerprint density at radius 1 is 1.47 bits per heavy atom. The van der Waals surface area contributed by atoms with Gasteiger partial charge in [0.25, 0.3) is 5.56 Å². The fraction of sp³-hybridized carbons (Fsp3) is 0.462. The molecule has 0 spiro atoms. The normalized spacial score (nSPS) is 12.0. The minimum absolute atomic E-state index is 0.247. The Balaban J connectivity index is 2.73. The van der Waals surface area contributed by atoms with E-state index in [2.05, 4.69) is 10.1 Å². The second kappa shape index (κ2) is 4.22. The summed E-state index contributed by atoms with van der Waals surface area (Å²) in [5.74, 6) is -1.02. The van der Waals surface area contributed by atoms with Crippen molar-refractivity contribution >= 4 is 17.0 Å². The minimum Gasteiger partial charge on any atom is -0.481 e. The van der Waals surface area contributed by atoms with Crippen molar-refractivity contribution < 1.29 is 9.90 Å². The van der Waals surface area contributed by atoms with Crippen molar-refractivity contribution in [3.63, 3.8) is 0 Å². The number of carbonyl (C=O) groups is 1. The van der Waals surface area contributed by atoms with Crippen LogP contribution in [0.1, 0.15) is 32.0 Å². The number of nitrogens with one attached hydrogen (secondary N) is 1. The average Bonchev–Trinajstić information content (AvgIpc) is 2.56. The molecule has 0 aliphatic carbocycles. The summed E-state index contributed by atoms with van der Waals surface area (Å²) in [7, 11) is 0. The number of hydrogen-bond donors (Lipinski definition) is 2. The molecule has 2 N–H and O–H groups in total. The van der Waals surface area contributed by atoms with Gasteiger partial charge in [0.15, 0.2) is 0 Å². The van der Waals surface area contributed by atoms with Crippen LogP contribution in [0.25, 0.3) is 11.0 Å². The van der Waals surface area contributed by atoms with E-state index >= 15 is 0 Å². The summed E-state index contributed by atoms with van der Waals surface area (Å²) in [4.78, 5) is 25.4. The van der Waals surface area contributed by atoms with Crippen LogP contribution < -0.4 is 5.56 Å². The zero-order valence-corrected chi connectivity index (χ0v) is 11.4. The van der Waals surface area contributed by atoms with Crippen LogP contribution in [0.2, 0.25) is 0 Å². The average molecular weight is 263 g/mol. The van der Waals surface area contributed by atoms with Gasteiger partial charge in [0.1, 0.15) is 5.65 Å². The second-order valence-corrected chi connectivity index (χ2v) is 5.62. The van der Waals surface area contributed by atoms with Gasteiger partial charge in [-0.05, 0) is 33.8 Å². The summed E-state index contributed by atoms with van der Waals surface area (Å²) in [6.07, 6.45) is -0.286. The minimum atomic E-state index is -1.02. The van der Waals surface area contributed by atoms with Gasteiger partial charge >= 0.3 is 5.97 Å². The first-order valence-corrected chi connectivity index (χ1v) is 6.04. The van der Waals surface area contributed by atoms with Gasteiger partial charge in [-0.1, -0.05) is 0 Å². The van der Waals surface area contributed by atoms with Crippen molar-refractivity contribution in [1.82, 2.24) is 14.8 Å². The molecule has 0 saturated carbocycles. The maximum atomic E-state index is 11.9. The lowest BCUT2D eigenvalue weighted by Gasteiger charge is -2.20. The maximum Gasteiger partial charge on any atom is 0.308 e. The van der Waals surface area contributed by atoms with Crippen LogP contribution in [0.3, 0.4) is 0 Å². The van der Waals surface area contributed by atoms with E-state index in [9.17, 15) is 9.59 Å². The first-order valence-electron chi connectivity index (χ1n) is 6.04. The highest BCUT2D eigenvalue weighted by atomic mass is 16.4. The van der Waals surface area contributed by atoms with Gasteiger partial charge in [-0.15, -0.1) is 0 Å². The highest BCUT2D eigenvalue weighted by Crippen LogP contribution is 2.22. The standard InChI is InChI=1S/C13H17N3O3/c1-7-9-5-8(6-10(17)18)12(19)14-11(9)16(15-7)13(2,3)4/h5H,6H2,1-4H3,(H,14,19)(H,17,18). The number of fused-ring (bicyclic) bond motifs is 1. The Hall–Kier alpha value is -2.11. The number of pyridine rings is 1. The highest BCUT2D eigenvalue weighted by molar-refractivity contribution is 5.80. The van der Waals surface area contributed by atoms with Crippen molar-refractivity contribution in [2.24, 2.45) is 0 Å². The summed E-state index contributed by atoms with van der Waals surface area (Å²) >= 11 is 0. The van der Waals surface area contributed by atoms with Crippen LogP contribution in [0.5, 0.6) is 0 Å². The molecule has 2 aromatic rings. The van der Waals surface area contributed by atoms with Crippen molar-refractivity contribution in [1.29, 1.82) is 0 Å². The fourth-order valence-electron chi connectivity index (χ4n) is 2.04. The molecule has 19 heavy (non-hydrogen) atoms. The molecule has 0 bridgehead atoms. The summed E-state index contributed by atoms with van der Waals surface area (Å²) < 4.78 is 1.75. The number of aliphatic carboxylic acids is 1. The zero-order valence-electron chi connectivity index (χ0n) is 11.4. The summed E-state index contributed by atoms with van der Waals surface area (Å²) in [5, 5.41) is 14.0. The third-order valence-corrected chi connectivity index (χ3v) is 2.93. The van der Waals surface area contributed by atoms with E-state index in [0.29, 0.717) is 5.65 Å². The smallest absolute Gasteiger partial charge is 0.308 e. The molecule has 0 unspecified atom stereocenters. The molecule has 102 valence electrons. The molecular formula is C13H17N3O3. The SMILES string of the molecule is Cc1nn(C(C)(C)C)c2[nH]c(=O)c(CC(=O)O)cc12. The Bertz CT molecular complexity index is 704. The second-order valence-electron chi connectivity index (χ2n) is 5.62. The van der Waals surface area contributed by atoms with Gasteiger partial charge in [0.2, 0.25) is 0 Å². The Morgan fingerprint density at radius 2 is 2.11 bits per heavy atom. The number of carboxylic acids is 1. The lowest BCUT2D eigenvalue weighted by atomic mass is 10.1. The number of aryl methyl sites for hydroxylation is 1. The molecule has 0 aliphatic heterocycles. The van der Waals surface area contributed by atoms with E-state index in [1.54, 1.807) is 10.7 Å². The lowest BCUT2D eigenvalue weighted by molar-refractivity contribution is -0.136. The summed E-state index contributed by atoms with van der Waals surface area (Å²) in [6.45, 7) is 7.81. The van der Waals surface area contributed by atoms with Crippen molar-refractivity contribution in [3.05, 3.63) is 27.7 Å². The van der Waals surface area contributed by atoms with Crippen LogP contribution in [0.15, 0.2) is 10.9 Å². The Labute approximate surface area is 110 Å². The number of carboxylic acid groups (broad SMARTS) is 1. The zero-order chi connectivity index (χ0) is 14.4. The van der Waals surface area contributed by atoms with Crippen LogP contribution in [0.4, 0.5) is 0 Å². The molecule has 0 atom stereocenters. The van der Waals surface area contributed by atoms with Gasteiger partial charge in [0, 0.05) is 10.9 Å². The number of hydrogen-bond acceptors (Lipinski definition) is 3. The van der Waals surface area contributed by atoms with Crippen LogP contribution in [0, 0.1) is 6.92 Å². The molecule has 6 nitrogen and oxygen atoms in total. The number of aromatic amines is 1. The quantitative estimate of drug-likeness (QED) is 0.857.